The number of aldehydes is 1. The van der Waals surface area contributed by atoms with Crippen molar-refractivity contribution in [2.45, 2.75) is 189 Å². The van der Waals surface area contributed by atoms with Crippen LogP contribution in [-0.2, 0) is 24.0 Å². The number of nitrogen functional groups attached to an aromatic ring is 1. The van der Waals surface area contributed by atoms with Gasteiger partial charge in [-0.05, 0) is 158 Å². The number of amides is 4. The largest absolute Gasteiger partial charge is 0.480 e. The van der Waals surface area contributed by atoms with Crippen LogP contribution in [0.2, 0.25) is 0 Å². The Kier molecular flexibility index (Phi) is 30.4. The van der Waals surface area contributed by atoms with Gasteiger partial charge < -0.3 is 26.3 Å². The lowest BCUT2D eigenvalue weighted by molar-refractivity contribution is -0.143. The molecule has 19 nitrogen and oxygen atoms in total. The number of hydrogen-bond donors (Lipinski definition) is 4. The Morgan fingerprint density at radius 1 is 0.496 bits per heavy atom. The molecule has 46 heteroatoms. The number of pyridine rings is 3. The number of halogens is 24. The second kappa shape index (κ2) is 35.3. The monoisotopic (exact) mass is 1790 g/mol. The zero-order chi connectivity index (χ0) is 90.5. The van der Waals surface area contributed by atoms with Gasteiger partial charge in [0, 0.05) is 116 Å². The van der Waals surface area contributed by atoms with E-state index >= 15 is 0 Å². The number of carboxylic acid groups (broad SMARTS) is 1. The minimum absolute atomic E-state index is 0. The molecular formula is C73H78F24N12O7S3. The highest BCUT2D eigenvalue weighted by Gasteiger charge is 2.67. The van der Waals surface area contributed by atoms with Crippen LogP contribution in [0.15, 0.2) is 143 Å². The molecule has 0 saturated heterocycles. The highest BCUT2D eigenvalue weighted by molar-refractivity contribution is 8.46. The lowest BCUT2D eigenvalue weighted by Gasteiger charge is -2.41. The molecule has 0 radical (unpaired) electrons. The third-order valence-electron chi connectivity index (χ3n) is 17.3. The van der Waals surface area contributed by atoms with E-state index in [1.54, 1.807) is 18.2 Å². The molecule has 3 aromatic carbocycles. The van der Waals surface area contributed by atoms with E-state index in [4.69, 9.17) is 22.7 Å². The summed E-state index contributed by atoms with van der Waals surface area (Å²) in [6.45, 7) is 13.9. The first-order chi connectivity index (χ1) is 53.2. The van der Waals surface area contributed by atoms with E-state index in [0.29, 0.717) is 53.2 Å². The summed E-state index contributed by atoms with van der Waals surface area (Å²) in [5, 5.41) is 40.4. The standard InChI is InChI=1S/2C24H24F8N4O2S.C7H9F2N.C6H6F5NS.C6H4FNO.C5H7NO2.CH4/c2*1-23(2,14-33)22(38)36(18-3-5-19(6-4-18)39(28,29,30,31)32)20(15-11-16(25)13-34-12-15)21(37)35-17-7-9-24(26,27)10-8-17;1-10-6-2-4-7(8,9)5-3-6;7-13(8,9,10,11)6-3-1-5(12)2-4-6;7-6-1-5(4-9)2-8-3-6;1-5(2,3-6)4(7)8;/h2*3-6,11-13,17,20H,7-10H2,1-2H3,(H,35,37);6H,2-5H2;1-4H,12H2;1-4H;1-2H3,(H,7,8);1H4. The Bertz CT molecular complexity index is 4590. The highest BCUT2D eigenvalue weighted by atomic mass is 32.5. The Morgan fingerprint density at radius 2 is 0.773 bits per heavy atom. The van der Waals surface area contributed by atoms with Crippen LogP contribution in [0.25, 0.3) is 4.85 Å². The molecule has 5 N–H and O–H groups in total. The summed E-state index contributed by atoms with van der Waals surface area (Å²) in [4.78, 5) is 82.8. The van der Waals surface area contributed by atoms with E-state index in [1.165, 1.54) is 20.0 Å². The minimum Gasteiger partial charge on any atom is -0.480 e. The maximum Gasteiger partial charge on any atom is 0.323 e. The van der Waals surface area contributed by atoms with Crippen LogP contribution >= 0.6 is 30.7 Å². The number of nitrogens with one attached hydrogen (secondary N) is 2. The van der Waals surface area contributed by atoms with Crippen LogP contribution in [0.5, 0.6) is 0 Å². The van der Waals surface area contributed by atoms with Crippen LogP contribution in [0, 0.1) is 74.3 Å². The van der Waals surface area contributed by atoms with Crippen LogP contribution < -0.4 is 26.2 Å². The maximum atomic E-state index is 14.1. The predicted molar refractivity (Wildman–Crippen MR) is 393 cm³/mol. The summed E-state index contributed by atoms with van der Waals surface area (Å²) in [5.41, 5.74) is -1.24. The Hall–Kier alpha value is -10.7. The first kappa shape index (κ1) is 102. The quantitative estimate of drug-likeness (QED) is 0.0286. The molecule has 119 heavy (non-hydrogen) atoms. The molecule has 3 aliphatic rings. The van der Waals surface area contributed by atoms with Crippen molar-refractivity contribution in [3.63, 3.8) is 0 Å². The predicted octanol–water partition coefficient (Wildman–Crippen LogP) is 23.1. The number of carbonyl (C=O) groups excluding carboxylic acids is 5. The Morgan fingerprint density at radius 3 is 1.01 bits per heavy atom. The van der Waals surface area contributed by atoms with Crippen molar-refractivity contribution in [3.8, 4) is 18.2 Å². The highest BCUT2D eigenvalue weighted by Crippen LogP contribution is 3.03. The topological polar surface area (TPSA) is 294 Å². The average Bonchev–Trinajstić information content (AvgIpc) is 0.734. The van der Waals surface area contributed by atoms with E-state index < -0.39 is 188 Å². The summed E-state index contributed by atoms with van der Waals surface area (Å²) in [6, 6.07) is 6.68. The third-order valence-corrected chi connectivity index (χ3v) is 20.8. The molecule has 2 atom stereocenters. The molecule has 0 spiro atoms. The second-order valence-electron chi connectivity index (χ2n) is 28.6. The van der Waals surface area contributed by atoms with Crippen molar-refractivity contribution in [1.82, 2.24) is 25.6 Å². The van der Waals surface area contributed by atoms with E-state index in [2.05, 4.69) is 30.4 Å². The molecule has 0 bridgehead atoms. The first-order valence-corrected chi connectivity index (χ1v) is 39.9. The Labute approximate surface area is 666 Å². The van der Waals surface area contributed by atoms with Gasteiger partial charge in [0.25, 0.3) is 0 Å². The van der Waals surface area contributed by atoms with E-state index in [1.807, 2.05) is 0 Å². The van der Waals surface area contributed by atoms with E-state index in [9.17, 15) is 137 Å². The molecule has 658 valence electrons. The molecule has 4 amide bonds. The average molecular weight is 1790 g/mol. The normalized spacial score (nSPS) is 17.7. The molecule has 3 saturated carbocycles. The van der Waals surface area contributed by atoms with Gasteiger partial charge in [0.1, 0.15) is 60.5 Å². The number of alkyl halides is 6. The fourth-order valence-corrected chi connectivity index (χ4v) is 12.5. The number of nitrogens with zero attached hydrogens (tertiary/aromatic N) is 9. The van der Waals surface area contributed by atoms with Crippen LogP contribution in [0.3, 0.4) is 0 Å². The van der Waals surface area contributed by atoms with E-state index in [-0.39, 0.29) is 111 Å². The number of rotatable bonds is 17. The molecular weight excluding hydrogens is 1710 g/mol. The maximum absolute atomic E-state index is 14.1. The summed E-state index contributed by atoms with van der Waals surface area (Å²) in [5.74, 6) is -16.2. The molecule has 6 aromatic rings. The van der Waals surface area contributed by atoms with Gasteiger partial charge in [-0.15, -0.1) is 0 Å². The number of carbonyl (C=O) groups is 6. The summed E-state index contributed by atoms with van der Waals surface area (Å²) in [6.07, 6.45) is 4.29. The molecule has 3 aliphatic carbocycles. The SMILES string of the molecule is C.CC(C)(C#N)C(=O)N(c1ccc(S(F)(F)(F)(F)F)cc1)C(C(=O)NC1CCC(F)(F)CC1)c1cncc(F)c1.CC(C)(C#N)C(=O)N(c1ccc(S(F)(F)(F)(F)F)cc1)C(C(=O)NC1CCC(F)(F)CC1)c1cncc(F)c1.CC(C)(C#N)C(=O)O.Nc1ccc(S(F)(F)(F)(F)F)cc1.O=Cc1cncc(F)c1.[C-]#[N+]C1CCC(F)(F)CC1. The molecule has 3 heterocycles. The number of carboxylic acids is 1. The molecule has 9 rings (SSSR count). The fourth-order valence-electron chi connectivity index (χ4n) is 10.5. The molecule has 3 fully saturated rings. The number of benzene rings is 3. The minimum atomic E-state index is -10.1. The number of anilines is 3. The number of aliphatic carboxylic acids is 1. The third kappa shape index (κ3) is 31.5. The zero-order valence-electron chi connectivity index (χ0n) is 62.4. The van der Waals surface area contributed by atoms with Crippen LogP contribution in [0.1, 0.15) is 160 Å². The van der Waals surface area contributed by atoms with Gasteiger partial charge in [-0.25, -0.2) is 46.1 Å². The van der Waals surface area contributed by atoms with Gasteiger partial charge in [-0.3, -0.25) is 53.5 Å². The Balaban J connectivity index is 0.000000419. The van der Waals surface area contributed by atoms with Gasteiger partial charge in [-0.2, -0.15) is 15.8 Å². The summed E-state index contributed by atoms with van der Waals surface area (Å²) < 4.78 is 313. The van der Waals surface area contributed by atoms with Gasteiger partial charge in [0.05, 0.1) is 36.8 Å². The van der Waals surface area contributed by atoms with Crippen molar-refractivity contribution >= 4 is 83.6 Å². The van der Waals surface area contributed by atoms with Crippen molar-refractivity contribution in [2.75, 3.05) is 15.5 Å². The first-order valence-electron chi connectivity index (χ1n) is 34.0. The van der Waals surface area contributed by atoms with Gasteiger partial charge in [-0.1, -0.05) is 65.7 Å². The number of hydrogen-bond acceptors (Lipinski definition) is 13. The van der Waals surface area contributed by atoms with Gasteiger partial charge in [0.15, 0.2) is 6.29 Å². The molecule has 0 aliphatic heterocycles. The van der Waals surface area contributed by atoms with Crippen LogP contribution in [-0.4, -0.2) is 91.8 Å². The number of nitriles is 3. The van der Waals surface area contributed by atoms with Gasteiger partial charge in [0.2, 0.25) is 47.4 Å². The fraction of sp³-hybridized carbons (Fsp3) is 0.411. The molecule has 3 aromatic heterocycles. The lowest BCUT2D eigenvalue weighted by Crippen LogP contribution is -2.51. The second-order valence-corrected chi connectivity index (χ2v) is 35.8. The number of nitrogens with two attached hydrogens (primary N) is 1. The zero-order valence-corrected chi connectivity index (χ0v) is 64.8. The lowest BCUT2D eigenvalue weighted by atomic mass is 9.90. The smallest absolute Gasteiger partial charge is 0.323 e. The van der Waals surface area contributed by atoms with Crippen LogP contribution in [0.4, 0.5) is 115 Å². The summed E-state index contributed by atoms with van der Waals surface area (Å²) in [7, 11) is -29.7. The molecule has 2 unspecified atom stereocenters. The summed E-state index contributed by atoms with van der Waals surface area (Å²) >= 11 is 0. The number of aromatic nitrogens is 3. The van der Waals surface area contributed by atoms with Gasteiger partial charge >= 0.3 is 36.6 Å². The van der Waals surface area contributed by atoms with E-state index in [0.717, 1.165) is 89.0 Å². The van der Waals surface area contributed by atoms with Crippen molar-refractivity contribution in [3.05, 3.63) is 174 Å². The van der Waals surface area contributed by atoms with Crippen molar-refractivity contribution < 1.29 is 132 Å². The van der Waals surface area contributed by atoms with Crippen molar-refractivity contribution in [1.29, 1.82) is 15.8 Å². The van der Waals surface area contributed by atoms with Crippen molar-refractivity contribution in [2.24, 2.45) is 16.2 Å².